The maximum atomic E-state index is 13.5. The largest absolute Gasteiger partial charge is 0.481 e. The van der Waals surface area contributed by atoms with Crippen molar-refractivity contribution in [1.82, 2.24) is 20.4 Å². The van der Waals surface area contributed by atoms with Crippen molar-refractivity contribution in [2.75, 3.05) is 48.7 Å². The Labute approximate surface area is 501 Å². The smallest absolute Gasteiger partial charge is 0.407 e. The molecule has 85 heavy (non-hydrogen) atoms. The van der Waals surface area contributed by atoms with Crippen molar-refractivity contribution in [3.05, 3.63) is 144 Å². The second kappa shape index (κ2) is 30.0. The Hall–Kier alpha value is -8.34. The van der Waals surface area contributed by atoms with Crippen LogP contribution in [0.25, 0.3) is 21.5 Å². The highest BCUT2D eigenvalue weighted by Crippen LogP contribution is 2.28. The van der Waals surface area contributed by atoms with Crippen LogP contribution in [-0.2, 0) is 41.5 Å². The predicted molar refractivity (Wildman–Crippen MR) is 340 cm³/mol. The number of ether oxygens (including phenoxy) is 2. The standard InChI is InChI=1S/C34H44N4O4.C25H32N2O5.C9H14N2/c1-22(2)25-14-15-30(29(35)19-25)37-32(40)27-11-8-16-38(21-27)31(39)20-28(36-33(41)42-34(3,4)5)18-23-12-13-24-9-6-7-10-26(24)17-23;1-25(2,3)32-24(31)26-21(14-17-10-11-18-7-4-5-8-19(18)13-17)15-22(28)27-12-6-9-20(16-27)23(29)30;1-6(2)7-3-4-8(10)9(11)5-7/h6-7,9-10,12-15,17,19,22,27-28H,8,11,16,18,20-21,35H2,1-5H3,(H,36,41)(H,37,40);4-5,7-8,10-11,13,20-21H,6,9,12,14-16H2,1-3H3,(H,26,31)(H,29,30);3-6H,10-11H2,1-2H3/t27-,28-;20-,21-;/m11./s1. The van der Waals surface area contributed by atoms with Gasteiger partial charge in [-0.25, -0.2) is 9.59 Å². The molecular weight excluding hydrogens is 1070 g/mol. The number of nitrogens with zero attached hydrogens (tertiary/aromatic N) is 2. The molecule has 0 unspecified atom stereocenters. The Morgan fingerprint density at radius 1 is 0.541 bits per heavy atom. The van der Waals surface area contributed by atoms with Crippen molar-refractivity contribution < 1.29 is 43.3 Å². The minimum atomic E-state index is -0.873. The van der Waals surface area contributed by atoms with Crippen molar-refractivity contribution in [1.29, 1.82) is 0 Å². The van der Waals surface area contributed by atoms with Crippen LogP contribution in [0.2, 0.25) is 0 Å². The van der Waals surface area contributed by atoms with Crippen LogP contribution in [0.4, 0.5) is 32.3 Å². The van der Waals surface area contributed by atoms with E-state index >= 15 is 0 Å². The summed E-state index contributed by atoms with van der Waals surface area (Å²) in [6.45, 7) is 20.9. The van der Waals surface area contributed by atoms with Crippen LogP contribution in [0.1, 0.15) is 142 Å². The number of rotatable bonds is 15. The molecule has 0 bridgehead atoms. The Bertz CT molecular complexity index is 3280. The molecule has 4 atom stereocenters. The number of carboxylic acid groups (broad SMARTS) is 1. The fourth-order valence-corrected chi connectivity index (χ4v) is 10.3. The number of alkyl carbamates (subject to hydrolysis) is 2. The van der Waals surface area contributed by atoms with Crippen molar-refractivity contribution in [3.8, 4) is 0 Å². The van der Waals surface area contributed by atoms with Gasteiger partial charge in [0.2, 0.25) is 17.7 Å². The highest BCUT2D eigenvalue weighted by molar-refractivity contribution is 5.96. The van der Waals surface area contributed by atoms with E-state index in [1.165, 1.54) is 5.56 Å². The monoisotopic (exact) mass is 1160 g/mol. The molecule has 0 spiro atoms. The molecule has 2 aliphatic heterocycles. The second-order valence-electron chi connectivity index (χ2n) is 25.1. The van der Waals surface area contributed by atoms with E-state index in [4.69, 9.17) is 26.7 Å². The average molecular weight is 1160 g/mol. The first-order chi connectivity index (χ1) is 40.1. The number of anilines is 4. The van der Waals surface area contributed by atoms with Crippen LogP contribution < -0.4 is 33.2 Å². The van der Waals surface area contributed by atoms with E-state index in [0.717, 1.165) is 44.7 Å². The van der Waals surface area contributed by atoms with Crippen molar-refractivity contribution in [2.24, 2.45) is 11.8 Å². The normalized spacial score (nSPS) is 16.0. The van der Waals surface area contributed by atoms with Gasteiger partial charge in [0.1, 0.15) is 11.2 Å². The van der Waals surface area contributed by atoms with Gasteiger partial charge in [-0.2, -0.15) is 0 Å². The number of nitrogens with one attached hydrogen (secondary N) is 3. The highest BCUT2D eigenvalue weighted by atomic mass is 16.6. The van der Waals surface area contributed by atoms with Gasteiger partial charge >= 0.3 is 18.2 Å². The lowest BCUT2D eigenvalue weighted by molar-refractivity contribution is -0.146. The van der Waals surface area contributed by atoms with Gasteiger partial charge in [0.15, 0.2) is 0 Å². The lowest BCUT2D eigenvalue weighted by Gasteiger charge is -2.33. The molecule has 2 fully saturated rings. The molecule has 0 saturated carbocycles. The van der Waals surface area contributed by atoms with Gasteiger partial charge in [-0.1, -0.05) is 125 Å². The number of benzene rings is 6. The summed E-state index contributed by atoms with van der Waals surface area (Å²) in [5.41, 5.74) is 22.9. The summed E-state index contributed by atoms with van der Waals surface area (Å²) in [5, 5.41) is 22.5. The van der Waals surface area contributed by atoms with Crippen molar-refractivity contribution >= 4 is 80.2 Å². The molecule has 2 saturated heterocycles. The lowest BCUT2D eigenvalue weighted by Crippen LogP contribution is -2.47. The molecule has 5 amide bonds. The van der Waals surface area contributed by atoms with Crippen LogP contribution in [0, 0.1) is 11.8 Å². The van der Waals surface area contributed by atoms with Gasteiger partial charge in [0.25, 0.3) is 0 Å². The summed E-state index contributed by atoms with van der Waals surface area (Å²) in [7, 11) is 0. The Morgan fingerprint density at radius 3 is 1.39 bits per heavy atom. The quantitative estimate of drug-likeness (QED) is 0.0474. The lowest BCUT2D eigenvalue weighted by atomic mass is 9.95. The molecule has 0 radical (unpaired) electrons. The summed E-state index contributed by atoms with van der Waals surface area (Å²) < 4.78 is 10.9. The first kappa shape index (κ1) is 65.8. The van der Waals surface area contributed by atoms with Gasteiger partial charge in [-0.15, -0.1) is 0 Å². The third-order valence-corrected chi connectivity index (χ3v) is 14.9. The average Bonchev–Trinajstić information content (AvgIpc) is 3.65. The number of carboxylic acids is 1. The van der Waals surface area contributed by atoms with Crippen LogP contribution in [0.3, 0.4) is 0 Å². The predicted octanol–water partition coefficient (Wildman–Crippen LogP) is 12.2. The third kappa shape index (κ3) is 21.0. The molecule has 6 aromatic rings. The van der Waals surface area contributed by atoms with E-state index < -0.39 is 47.4 Å². The van der Waals surface area contributed by atoms with Gasteiger partial charge in [-0.3, -0.25) is 19.2 Å². The fourth-order valence-electron chi connectivity index (χ4n) is 10.3. The van der Waals surface area contributed by atoms with E-state index in [0.29, 0.717) is 86.3 Å². The minimum absolute atomic E-state index is 0.0818. The molecule has 8 rings (SSSR count). The molecule has 456 valence electrons. The van der Waals surface area contributed by atoms with Crippen molar-refractivity contribution in [3.63, 3.8) is 0 Å². The zero-order valence-electron chi connectivity index (χ0n) is 51.3. The fraction of sp³-hybridized carbons (Fsp3) is 0.441. The summed E-state index contributed by atoms with van der Waals surface area (Å²) in [6, 6.07) is 38.9. The maximum Gasteiger partial charge on any atom is 0.407 e. The first-order valence-corrected chi connectivity index (χ1v) is 29.7. The molecule has 17 heteroatoms. The van der Waals surface area contributed by atoms with Gasteiger partial charge in [-0.05, 0) is 160 Å². The van der Waals surface area contributed by atoms with Gasteiger partial charge < -0.3 is 57.5 Å². The third-order valence-electron chi connectivity index (χ3n) is 14.9. The molecule has 2 heterocycles. The zero-order chi connectivity index (χ0) is 62.2. The van der Waals surface area contributed by atoms with Gasteiger partial charge in [0.05, 0.1) is 34.6 Å². The first-order valence-electron chi connectivity index (χ1n) is 29.7. The molecular formula is C68H90N8O9. The van der Waals surface area contributed by atoms with Crippen LogP contribution >= 0.6 is 0 Å². The van der Waals surface area contributed by atoms with Crippen LogP contribution in [0.15, 0.2) is 121 Å². The highest BCUT2D eigenvalue weighted by Gasteiger charge is 2.33. The zero-order valence-corrected chi connectivity index (χ0v) is 51.3. The Kier molecular flexibility index (Phi) is 23.2. The SMILES string of the molecule is CC(C)(C)OC(=O)N[C@@H](CC(=O)N1CCC[C@@H](C(=O)O)C1)Cc1ccc2ccccc2c1.CC(C)c1ccc(N)c(N)c1.CC(C)c1ccc(NC(=O)[C@@H]2CCCN(C(=O)C[C@@H](Cc3ccc4ccccc4c3)NC(=O)OC(C)(C)C)C2)c(N)c1. The Morgan fingerprint density at radius 2 is 0.965 bits per heavy atom. The number of hydrogen-bond donors (Lipinski definition) is 7. The van der Waals surface area contributed by atoms with E-state index in [-0.39, 0.29) is 43.0 Å². The van der Waals surface area contributed by atoms with Gasteiger partial charge in [0, 0.05) is 51.1 Å². The second-order valence-corrected chi connectivity index (χ2v) is 25.1. The number of aliphatic carboxylic acids is 1. The van der Waals surface area contributed by atoms with Crippen LogP contribution in [-0.4, -0.2) is 100 Å². The topological polar surface area (TPSA) is 262 Å². The van der Waals surface area contributed by atoms with E-state index in [2.05, 4.69) is 61.8 Å². The van der Waals surface area contributed by atoms with Crippen LogP contribution in [0.5, 0.6) is 0 Å². The number of piperidine rings is 2. The molecule has 17 nitrogen and oxygen atoms in total. The minimum Gasteiger partial charge on any atom is -0.481 e. The number of nitrogen functional groups attached to an aromatic ring is 3. The number of nitrogens with two attached hydrogens (primary N) is 3. The molecule has 10 N–H and O–H groups in total. The molecule has 2 aliphatic rings. The summed E-state index contributed by atoms with van der Waals surface area (Å²) in [4.78, 5) is 79.6. The number of carbonyl (C=O) groups is 6. The Balaban J connectivity index is 0.000000236. The van der Waals surface area contributed by atoms with E-state index in [1.54, 1.807) is 51.3 Å². The number of amides is 5. The molecule has 6 aromatic carbocycles. The number of likely N-dealkylation sites (tertiary alicyclic amines) is 2. The summed E-state index contributed by atoms with van der Waals surface area (Å²) in [6.07, 6.45) is 2.65. The molecule has 0 aliphatic carbocycles. The molecule has 0 aromatic heterocycles. The number of fused-ring (bicyclic) bond motifs is 2. The summed E-state index contributed by atoms with van der Waals surface area (Å²) in [5.74, 6) is -1.30. The van der Waals surface area contributed by atoms with Crippen molar-refractivity contribution in [2.45, 2.75) is 156 Å². The number of carbonyl (C=O) groups excluding carboxylic acids is 5. The van der Waals surface area contributed by atoms with E-state index in [9.17, 15) is 33.9 Å². The maximum absolute atomic E-state index is 13.5. The van der Waals surface area contributed by atoms with E-state index in [1.807, 2.05) is 103 Å². The summed E-state index contributed by atoms with van der Waals surface area (Å²) >= 11 is 0. The number of hydrogen-bond acceptors (Lipinski definition) is 11.